The molecule has 168 valence electrons. The Kier molecular flexibility index (Phi) is 6.46. The fourth-order valence-corrected chi connectivity index (χ4v) is 5.74. The molecule has 0 fully saturated rings. The van der Waals surface area contributed by atoms with Crippen LogP contribution in [0.3, 0.4) is 0 Å². The lowest BCUT2D eigenvalue weighted by molar-refractivity contribution is 0.565. The van der Waals surface area contributed by atoms with Gasteiger partial charge in [0.1, 0.15) is 16.2 Å². The standard InChI is InChI=1S/C25H30N4O2S/c1-3-4-5-6-7-10-16-29-24(26)23(32(30,31)19-13-11-12-18(2)17-19)22-25(29)28-21-15-9-8-14-20(21)27-22/h8-9,11-15,17H,3-7,10,16,26H2,1-2H3. The first-order valence-corrected chi connectivity index (χ1v) is 12.8. The van der Waals surface area contributed by atoms with Crippen LogP contribution < -0.4 is 5.73 Å². The predicted octanol–water partition coefficient (Wildman–Crippen LogP) is 5.67. The second-order valence-electron chi connectivity index (χ2n) is 8.34. The lowest BCUT2D eigenvalue weighted by Crippen LogP contribution is -2.08. The monoisotopic (exact) mass is 450 g/mol. The molecule has 0 radical (unpaired) electrons. The first-order valence-electron chi connectivity index (χ1n) is 11.3. The third-order valence-electron chi connectivity index (χ3n) is 5.85. The smallest absolute Gasteiger partial charge is 0.212 e. The highest BCUT2D eigenvalue weighted by molar-refractivity contribution is 7.92. The molecular weight excluding hydrogens is 420 g/mol. The van der Waals surface area contributed by atoms with E-state index in [9.17, 15) is 8.42 Å². The van der Waals surface area contributed by atoms with Gasteiger partial charge >= 0.3 is 0 Å². The van der Waals surface area contributed by atoms with Crippen LogP contribution in [0.2, 0.25) is 0 Å². The summed E-state index contributed by atoms with van der Waals surface area (Å²) < 4.78 is 29.1. The summed E-state index contributed by atoms with van der Waals surface area (Å²) in [6.07, 6.45) is 6.81. The number of aromatic nitrogens is 3. The van der Waals surface area contributed by atoms with E-state index >= 15 is 0 Å². The number of anilines is 1. The summed E-state index contributed by atoms with van der Waals surface area (Å²) in [4.78, 5) is 9.75. The average molecular weight is 451 g/mol. The van der Waals surface area contributed by atoms with Gasteiger partial charge in [-0.15, -0.1) is 0 Å². The van der Waals surface area contributed by atoms with Crippen LogP contribution in [0.4, 0.5) is 5.82 Å². The van der Waals surface area contributed by atoms with E-state index in [1.165, 1.54) is 19.3 Å². The molecule has 0 aliphatic rings. The zero-order chi connectivity index (χ0) is 22.7. The van der Waals surface area contributed by atoms with Crippen molar-refractivity contribution in [2.45, 2.75) is 68.7 Å². The average Bonchev–Trinajstić information content (AvgIpc) is 3.05. The maximum atomic E-state index is 13.7. The number of unbranched alkanes of at least 4 members (excludes halogenated alkanes) is 5. The van der Waals surface area contributed by atoms with Crippen molar-refractivity contribution in [2.24, 2.45) is 0 Å². The third-order valence-corrected chi connectivity index (χ3v) is 7.66. The van der Waals surface area contributed by atoms with Crippen molar-refractivity contribution in [3.63, 3.8) is 0 Å². The van der Waals surface area contributed by atoms with Gasteiger partial charge in [0.2, 0.25) is 9.84 Å². The summed E-state index contributed by atoms with van der Waals surface area (Å²) in [6.45, 7) is 4.69. The Balaban J connectivity index is 1.83. The van der Waals surface area contributed by atoms with Crippen molar-refractivity contribution in [3.05, 3.63) is 54.1 Å². The third kappa shape index (κ3) is 4.21. The highest BCUT2D eigenvalue weighted by Crippen LogP contribution is 2.35. The summed E-state index contributed by atoms with van der Waals surface area (Å²) in [6, 6.07) is 14.4. The molecule has 2 heterocycles. The van der Waals surface area contributed by atoms with Gasteiger partial charge in [-0.2, -0.15) is 0 Å². The number of hydrogen-bond donors (Lipinski definition) is 1. The normalized spacial score (nSPS) is 12.1. The van der Waals surface area contributed by atoms with Crippen molar-refractivity contribution in [1.29, 1.82) is 0 Å². The Morgan fingerprint density at radius 2 is 1.59 bits per heavy atom. The second-order valence-corrected chi connectivity index (χ2v) is 10.2. The zero-order valence-corrected chi connectivity index (χ0v) is 19.5. The topological polar surface area (TPSA) is 90.9 Å². The molecule has 0 spiro atoms. The van der Waals surface area contributed by atoms with Crippen LogP contribution in [0.15, 0.2) is 58.3 Å². The van der Waals surface area contributed by atoms with E-state index in [0.717, 1.165) is 30.3 Å². The molecule has 0 aliphatic heterocycles. The highest BCUT2D eigenvalue weighted by Gasteiger charge is 2.30. The molecule has 0 saturated carbocycles. The number of fused-ring (bicyclic) bond motifs is 2. The number of nitrogen functional groups attached to an aromatic ring is 1. The van der Waals surface area contributed by atoms with Crippen LogP contribution in [-0.2, 0) is 16.4 Å². The van der Waals surface area contributed by atoms with Crippen molar-refractivity contribution < 1.29 is 8.42 Å². The molecule has 0 aliphatic carbocycles. The quantitative estimate of drug-likeness (QED) is 0.332. The van der Waals surface area contributed by atoms with Gasteiger partial charge in [0, 0.05) is 6.54 Å². The van der Waals surface area contributed by atoms with Crippen molar-refractivity contribution in [3.8, 4) is 0 Å². The maximum Gasteiger partial charge on any atom is 0.212 e. The number of sulfone groups is 1. The number of nitrogens with zero attached hydrogens (tertiary/aromatic N) is 3. The van der Waals surface area contributed by atoms with Crippen LogP contribution in [0.5, 0.6) is 0 Å². The van der Waals surface area contributed by atoms with Gasteiger partial charge in [0.05, 0.1) is 15.9 Å². The Bertz CT molecular complexity index is 1360. The fourth-order valence-electron chi connectivity index (χ4n) is 4.13. The van der Waals surface area contributed by atoms with Crippen molar-refractivity contribution in [1.82, 2.24) is 14.5 Å². The van der Waals surface area contributed by atoms with Crippen molar-refractivity contribution in [2.75, 3.05) is 5.73 Å². The lowest BCUT2D eigenvalue weighted by Gasteiger charge is -2.08. The molecule has 32 heavy (non-hydrogen) atoms. The Hall–Kier alpha value is -2.93. The predicted molar refractivity (Wildman–Crippen MR) is 129 cm³/mol. The van der Waals surface area contributed by atoms with Gasteiger partial charge in [-0.25, -0.2) is 18.4 Å². The van der Waals surface area contributed by atoms with E-state index < -0.39 is 9.84 Å². The van der Waals surface area contributed by atoms with Crippen molar-refractivity contribution >= 4 is 37.9 Å². The number of aryl methyl sites for hydroxylation is 2. The number of hydrogen-bond acceptors (Lipinski definition) is 5. The molecule has 0 bridgehead atoms. The number of benzene rings is 2. The molecule has 0 unspecified atom stereocenters. The molecule has 4 rings (SSSR count). The molecule has 2 N–H and O–H groups in total. The minimum atomic E-state index is -3.86. The van der Waals surface area contributed by atoms with E-state index in [1.807, 2.05) is 41.8 Å². The summed E-state index contributed by atoms with van der Waals surface area (Å²) in [5.41, 5.74) is 9.62. The largest absolute Gasteiger partial charge is 0.384 e. The molecule has 2 aromatic carbocycles. The number of rotatable bonds is 9. The second kappa shape index (κ2) is 9.28. The lowest BCUT2D eigenvalue weighted by atomic mass is 10.1. The van der Waals surface area contributed by atoms with Gasteiger partial charge in [0.15, 0.2) is 5.65 Å². The number of nitrogens with two attached hydrogens (primary N) is 1. The first-order chi connectivity index (χ1) is 15.4. The summed E-state index contributed by atoms with van der Waals surface area (Å²) in [5.74, 6) is 0.213. The molecule has 6 nitrogen and oxygen atoms in total. The molecule has 0 amide bonds. The van der Waals surface area contributed by atoms with Gasteiger partial charge in [0.25, 0.3) is 0 Å². The molecule has 2 aromatic heterocycles. The Morgan fingerprint density at radius 1 is 0.906 bits per heavy atom. The molecule has 0 atom stereocenters. The Labute approximate surface area is 189 Å². The van der Waals surface area contributed by atoms with Crippen LogP contribution in [0.1, 0.15) is 51.0 Å². The van der Waals surface area contributed by atoms with E-state index in [1.54, 1.807) is 18.2 Å². The van der Waals surface area contributed by atoms with Crippen LogP contribution in [0.25, 0.3) is 22.2 Å². The fraction of sp³-hybridized carbons (Fsp3) is 0.360. The van der Waals surface area contributed by atoms with E-state index in [0.29, 0.717) is 23.2 Å². The summed E-state index contributed by atoms with van der Waals surface area (Å²) >= 11 is 0. The molecule has 4 aromatic rings. The van der Waals surface area contributed by atoms with E-state index in [-0.39, 0.29) is 15.6 Å². The number of para-hydroxylation sites is 2. The zero-order valence-electron chi connectivity index (χ0n) is 18.7. The summed E-state index contributed by atoms with van der Waals surface area (Å²) in [5, 5.41) is 0. The van der Waals surface area contributed by atoms with Gasteiger partial charge < -0.3 is 10.3 Å². The van der Waals surface area contributed by atoms with E-state index in [4.69, 9.17) is 15.7 Å². The van der Waals surface area contributed by atoms with Gasteiger partial charge in [-0.1, -0.05) is 63.3 Å². The van der Waals surface area contributed by atoms with Crippen LogP contribution in [0, 0.1) is 6.92 Å². The molecule has 7 heteroatoms. The highest BCUT2D eigenvalue weighted by atomic mass is 32.2. The summed E-state index contributed by atoms with van der Waals surface area (Å²) in [7, 11) is -3.86. The maximum absolute atomic E-state index is 13.7. The Morgan fingerprint density at radius 3 is 2.31 bits per heavy atom. The molecular formula is C25H30N4O2S. The van der Waals surface area contributed by atoms with E-state index in [2.05, 4.69) is 6.92 Å². The molecule has 0 saturated heterocycles. The van der Waals surface area contributed by atoms with Gasteiger partial charge in [-0.3, -0.25) is 0 Å². The first kappa shape index (κ1) is 22.3. The SMILES string of the molecule is CCCCCCCCn1c(N)c(S(=O)(=O)c2cccc(C)c2)c2nc3ccccc3nc21. The van der Waals surface area contributed by atoms with Gasteiger partial charge in [-0.05, 0) is 43.2 Å². The minimum absolute atomic E-state index is 0.0577. The minimum Gasteiger partial charge on any atom is -0.384 e. The van der Waals surface area contributed by atoms with Crippen LogP contribution >= 0.6 is 0 Å². The van der Waals surface area contributed by atoms with Crippen LogP contribution in [-0.4, -0.2) is 23.0 Å².